The van der Waals surface area contributed by atoms with Crippen molar-refractivity contribution in [2.24, 2.45) is 0 Å². The lowest BCUT2D eigenvalue weighted by atomic mass is 10.1. The molecule has 1 atom stereocenters. The lowest BCUT2D eigenvalue weighted by Gasteiger charge is -2.18. The molecule has 106 valence electrons. The van der Waals surface area contributed by atoms with E-state index in [1.54, 1.807) is 17.4 Å². The number of hydrogen-bond acceptors (Lipinski definition) is 3. The van der Waals surface area contributed by atoms with E-state index in [9.17, 15) is 0 Å². The Morgan fingerprint density at radius 3 is 2.60 bits per heavy atom. The van der Waals surface area contributed by atoms with E-state index in [-0.39, 0.29) is 6.04 Å². The summed E-state index contributed by atoms with van der Waals surface area (Å²) >= 11 is 14.1. The molecule has 2 nitrogen and oxygen atoms in total. The van der Waals surface area contributed by atoms with Gasteiger partial charge in [-0.15, -0.1) is 11.3 Å². The highest BCUT2D eigenvalue weighted by Gasteiger charge is 2.29. The van der Waals surface area contributed by atoms with Gasteiger partial charge in [-0.1, -0.05) is 29.3 Å². The molecule has 1 saturated carbocycles. The zero-order valence-corrected chi connectivity index (χ0v) is 13.7. The highest BCUT2D eigenvalue weighted by atomic mass is 35.5. The van der Waals surface area contributed by atoms with Crippen LogP contribution in [0.3, 0.4) is 0 Å². The molecule has 1 aromatic heterocycles. The van der Waals surface area contributed by atoms with Crippen molar-refractivity contribution in [3.8, 4) is 0 Å². The topological polar surface area (TPSA) is 24.9 Å². The third-order valence-electron chi connectivity index (χ3n) is 3.55. The molecule has 0 saturated heterocycles. The third kappa shape index (κ3) is 3.01. The van der Waals surface area contributed by atoms with Crippen LogP contribution in [0.5, 0.6) is 0 Å². The minimum atomic E-state index is 0.0599. The van der Waals surface area contributed by atoms with Crippen LogP contribution in [0.4, 0.5) is 0 Å². The summed E-state index contributed by atoms with van der Waals surface area (Å²) in [5, 5.41) is 6.08. The molecule has 0 bridgehead atoms. The lowest BCUT2D eigenvalue weighted by Crippen LogP contribution is -2.24. The molecule has 20 heavy (non-hydrogen) atoms. The summed E-state index contributed by atoms with van der Waals surface area (Å²) < 4.78 is 0. The Morgan fingerprint density at radius 2 is 2.05 bits per heavy atom. The number of hydrogen-bond donors (Lipinski definition) is 1. The molecule has 1 aliphatic carbocycles. The van der Waals surface area contributed by atoms with E-state index >= 15 is 0 Å². The first-order valence-electron chi connectivity index (χ1n) is 6.69. The summed E-state index contributed by atoms with van der Waals surface area (Å²) in [5.41, 5.74) is 2.15. The normalized spacial score (nSPS) is 16.4. The molecule has 3 rings (SSSR count). The fourth-order valence-electron chi connectivity index (χ4n) is 2.14. The molecule has 1 aromatic carbocycles. The van der Waals surface area contributed by atoms with Crippen molar-refractivity contribution in [3.05, 3.63) is 49.4 Å². The van der Waals surface area contributed by atoms with E-state index < -0.39 is 0 Å². The number of benzene rings is 1. The maximum Gasteiger partial charge on any atom is 0.115 e. The van der Waals surface area contributed by atoms with Crippen LogP contribution in [0.1, 0.15) is 40.0 Å². The first-order valence-corrected chi connectivity index (χ1v) is 8.27. The van der Waals surface area contributed by atoms with Crippen LogP contribution in [0.2, 0.25) is 10.0 Å². The van der Waals surface area contributed by atoms with Crippen molar-refractivity contribution in [2.75, 3.05) is 0 Å². The largest absolute Gasteiger partial charge is 0.301 e. The molecule has 1 unspecified atom stereocenters. The first kappa shape index (κ1) is 14.3. The van der Waals surface area contributed by atoms with E-state index in [1.165, 1.54) is 17.7 Å². The van der Waals surface area contributed by atoms with Gasteiger partial charge in [0.1, 0.15) is 5.01 Å². The average molecular weight is 327 g/mol. The molecule has 1 fully saturated rings. The van der Waals surface area contributed by atoms with Gasteiger partial charge in [0.2, 0.25) is 0 Å². The third-order valence-corrected chi connectivity index (χ3v) is 5.25. The van der Waals surface area contributed by atoms with Crippen molar-refractivity contribution < 1.29 is 0 Å². The molecule has 1 heterocycles. The van der Waals surface area contributed by atoms with Gasteiger partial charge in [0.05, 0.1) is 11.7 Å². The highest BCUT2D eigenvalue weighted by molar-refractivity contribution is 7.11. The smallest absolute Gasteiger partial charge is 0.115 e. The fraction of sp³-hybridized carbons (Fsp3) is 0.400. The number of rotatable bonds is 4. The summed E-state index contributed by atoms with van der Waals surface area (Å²) in [7, 11) is 0. The Morgan fingerprint density at radius 1 is 1.30 bits per heavy atom. The summed E-state index contributed by atoms with van der Waals surface area (Å²) in [4.78, 5) is 5.95. The molecule has 0 aliphatic heterocycles. The second-order valence-electron chi connectivity index (χ2n) is 5.23. The van der Waals surface area contributed by atoms with Gasteiger partial charge in [-0.2, -0.15) is 0 Å². The van der Waals surface area contributed by atoms with E-state index in [4.69, 9.17) is 28.2 Å². The first-order chi connectivity index (χ1) is 9.54. The Bertz CT molecular complexity index is 615. The van der Waals surface area contributed by atoms with Crippen molar-refractivity contribution in [1.82, 2.24) is 10.3 Å². The fourth-order valence-corrected chi connectivity index (χ4v) is 3.66. The zero-order chi connectivity index (χ0) is 14.3. The van der Waals surface area contributed by atoms with Crippen molar-refractivity contribution in [2.45, 2.75) is 38.8 Å². The maximum absolute atomic E-state index is 6.38. The monoisotopic (exact) mass is 326 g/mol. The quantitative estimate of drug-likeness (QED) is 0.863. The molecular weight excluding hydrogens is 311 g/mol. The lowest BCUT2D eigenvalue weighted by molar-refractivity contribution is 0.597. The Hall–Kier alpha value is -0.610. The number of aryl methyl sites for hydroxylation is 2. The SMILES string of the molecule is Cc1nc(C(NC2CC2)c2ccc(Cl)cc2Cl)sc1C. The number of nitrogens with one attached hydrogen (secondary N) is 1. The number of halogens is 2. The van der Waals surface area contributed by atoms with Gasteiger partial charge in [-0.25, -0.2) is 4.98 Å². The molecule has 0 spiro atoms. The predicted octanol–water partition coefficient (Wildman–Crippen LogP) is 4.91. The van der Waals surface area contributed by atoms with Crippen LogP contribution in [0, 0.1) is 13.8 Å². The van der Waals surface area contributed by atoms with Gasteiger partial charge in [0.25, 0.3) is 0 Å². The van der Waals surface area contributed by atoms with Gasteiger partial charge in [-0.3, -0.25) is 0 Å². The Kier molecular flexibility index (Phi) is 4.04. The van der Waals surface area contributed by atoms with Gasteiger partial charge < -0.3 is 5.32 Å². The second-order valence-corrected chi connectivity index (χ2v) is 7.31. The Labute approximate surface area is 133 Å². The van der Waals surface area contributed by atoms with Crippen LogP contribution in [0.25, 0.3) is 0 Å². The van der Waals surface area contributed by atoms with Crippen LogP contribution >= 0.6 is 34.5 Å². The van der Waals surface area contributed by atoms with Gasteiger partial charge >= 0.3 is 0 Å². The predicted molar refractivity (Wildman–Crippen MR) is 86.1 cm³/mol. The van der Waals surface area contributed by atoms with Gasteiger partial charge in [-0.05, 0) is 44.4 Å². The number of thiazole rings is 1. The summed E-state index contributed by atoms with van der Waals surface area (Å²) in [6.45, 7) is 4.15. The van der Waals surface area contributed by atoms with Crippen LogP contribution < -0.4 is 5.32 Å². The van der Waals surface area contributed by atoms with Crippen LogP contribution in [-0.2, 0) is 0 Å². The molecule has 1 aliphatic rings. The Balaban J connectivity index is 2.00. The standard InChI is InChI=1S/C15H16Cl2N2S/c1-8-9(2)20-15(18-8)14(19-11-4-5-11)12-6-3-10(16)7-13(12)17/h3,6-7,11,14,19H,4-5H2,1-2H3. The van der Waals surface area contributed by atoms with Crippen molar-refractivity contribution in [3.63, 3.8) is 0 Å². The molecule has 2 aromatic rings. The van der Waals surface area contributed by atoms with Gasteiger partial charge in [0.15, 0.2) is 0 Å². The molecule has 0 amide bonds. The summed E-state index contributed by atoms with van der Waals surface area (Å²) in [6, 6.07) is 6.32. The van der Waals surface area contributed by atoms with Crippen molar-refractivity contribution >= 4 is 34.5 Å². The minimum absolute atomic E-state index is 0.0599. The van der Waals surface area contributed by atoms with E-state index in [1.807, 2.05) is 19.1 Å². The molecular formula is C15H16Cl2N2S. The van der Waals surface area contributed by atoms with Gasteiger partial charge in [0, 0.05) is 21.0 Å². The average Bonchev–Trinajstić information content (AvgIpc) is 3.14. The zero-order valence-electron chi connectivity index (χ0n) is 11.4. The van der Waals surface area contributed by atoms with Crippen LogP contribution in [-0.4, -0.2) is 11.0 Å². The van der Waals surface area contributed by atoms with E-state index in [2.05, 4.69) is 12.2 Å². The molecule has 5 heteroatoms. The molecule has 0 radical (unpaired) electrons. The van der Waals surface area contributed by atoms with E-state index in [0.717, 1.165) is 16.3 Å². The summed E-state index contributed by atoms with van der Waals surface area (Å²) in [5.74, 6) is 0. The highest BCUT2D eigenvalue weighted by Crippen LogP contribution is 2.35. The number of nitrogens with zero attached hydrogens (tertiary/aromatic N) is 1. The molecule has 1 N–H and O–H groups in total. The number of aromatic nitrogens is 1. The second kappa shape index (κ2) is 5.64. The maximum atomic E-state index is 6.38. The van der Waals surface area contributed by atoms with Crippen molar-refractivity contribution in [1.29, 1.82) is 0 Å². The van der Waals surface area contributed by atoms with Crippen LogP contribution in [0.15, 0.2) is 18.2 Å². The van der Waals surface area contributed by atoms with E-state index in [0.29, 0.717) is 16.1 Å². The summed E-state index contributed by atoms with van der Waals surface area (Å²) in [6.07, 6.45) is 2.45. The minimum Gasteiger partial charge on any atom is -0.301 e.